The van der Waals surface area contributed by atoms with E-state index < -0.39 is 0 Å². The zero-order valence-electron chi connectivity index (χ0n) is 13.0. The van der Waals surface area contributed by atoms with E-state index in [4.69, 9.17) is 4.74 Å². The molecule has 1 aliphatic rings. The van der Waals surface area contributed by atoms with Crippen LogP contribution in [0.2, 0.25) is 0 Å². The molecule has 1 heterocycles. The second kappa shape index (κ2) is 9.39. The number of hydrogen-bond donors (Lipinski definition) is 2. The molecule has 0 radical (unpaired) electrons. The number of halogens is 1. The van der Waals surface area contributed by atoms with Crippen LogP contribution >= 0.6 is 24.0 Å². The van der Waals surface area contributed by atoms with Crippen LogP contribution in [0.5, 0.6) is 5.75 Å². The van der Waals surface area contributed by atoms with Crippen molar-refractivity contribution in [3.05, 3.63) is 54.6 Å². The molecule has 5 heteroatoms. The largest absolute Gasteiger partial charge is 0.491 e. The topological polar surface area (TPSA) is 45.6 Å². The van der Waals surface area contributed by atoms with Crippen molar-refractivity contribution in [2.45, 2.75) is 6.42 Å². The van der Waals surface area contributed by atoms with Crippen molar-refractivity contribution in [1.29, 1.82) is 0 Å². The number of rotatable bonds is 5. The molecular formula is C18H22IN3O. The molecular weight excluding hydrogens is 401 g/mol. The standard InChI is InChI=1S/C18H21N3O.HI/c1-2-7-15(8-3-1)16-9-4-5-10-17(16)22-14-13-21-18-19-11-6-12-20-18;/h1-5,7-10H,6,11-14H2,(H2,19,20,21);1H. The Morgan fingerprint density at radius 1 is 1.04 bits per heavy atom. The molecule has 2 aromatic rings. The van der Waals surface area contributed by atoms with Crippen LogP contribution in [0.15, 0.2) is 59.6 Å². The molecule has 23 heavy (non-hydrogen) atoms. The van der Waals surface area contributed by atoms with Crippen molar-refractivity contribution in [1.82, 2.24) is 10.6 Å². The lowest BCUT2D eigenvalue weighted by Gasteiger charge is -2.16. The molecule has 0 spiro atoms. The van der Waals surface area contributed by atoms with E-state index in [-0.39, 0.29) is 24.0 Å². The first-order valence-corrected chi connectivity index (χ1v) is 7.73. The first-order valence-electron chi connectivity index (χ1n) is 7.73. The quantitative estimate of drug-likeness (QED) is 0.573. The Morgan fingerprint density at radius 3 is 2.61 bits per heavy atom. The fourth-order valence-corrected chi connectivity index (χ4v) is 2.43. The molecule has 122 valence electrons. The number of aliphatic imine (C=N–C) groups is 1. The van der Waals surface area contributed by atoms with Gasteiger partial charge in [-0.1, -0.05) is 48.5 Å². The Bertz CT molecular complexity index is 631. The van der Waals surface area contributed by atoms with Crippen molar-refractivity contribution < 1.29 is 4.74 Å². The average Bonchev–Trinajstić information content (AvgIpc) is 2.61. The summed E-state index contributed by atoms with van der Waals surface area (Å²) in [5.74, 6) is 1.79. The van der Waals surface area contributed by atoms with Crippen molar-refractivity contribution in [2.24, 2.45) is 4.99 Å². The fourth-order valence-electron chi connectivity index (χ4n) is 2.43. The van der Waals surface area contributed by atoms with Crippen LogP contribution in [0.4, 0.5) is 0 Å². The van der Waals surface area contributed by atoms with E-state index in [2.05, 4.69) is 33.8 Å². The maximum absolute atomic E-state index is 5.94. The number of nitrogens with zero attached hydrogens (tertiary/aromatic N) is 1. The SMILES string of the molecule is I.c1ccc(-c2ccccc2OCCNC2=NCCCN2)cc1. The van der Waals surface area contributed by atoms with Gasteiger partial charge in [-0.3, -0.25) is 4.99 Å². The normalized spacial score (nSPS) is 13.3. The van der Waals surface area contributed by atoms with Gasteiger partial charge in [0.2, 0.25) is 0 Å². The Labute approximate surface area is 154 Å². The number of para-hydroxylation sites is 1. The molecule has 0 fully saturated rings. The Morgan fingerprint density at radius 2 is 1.83 bits per heavy atom. The van der Waals surface area contributed by atoms with Crippen LogP contribution in [0, 0.1) is 0 Å². The molecule has 3 rings (SSSR count). The van der Waals surface area contributed by atoms with Crippen LogP contribution in [0.25, 0.3) is 11.1 Å². The minimum atomic E-state index is 0. The first kappa shape index (κ1) is 17.6. The zero-order valence-corrected chi connectivity index (χ0v) is 15.3. The molecule has 0 bridgehead atoms. The van der Waals surface area contributed by atoms with Gasteiger partial charge in [0.05, 0.1) is 6.54 Å². The van der Waals surface area contributed by atoms with Crippen molar-refractivity contribution in [3.8, 4) is 16.9 Å². The van der Waals surface area contributed by atoms with Crippen molar-refractivity contribution >= 4 is 29.9 Å². The smallest absolute Gasteiger partial charge is 0.191 e. The summed E-state index contributed by atoms with van der Waals surface area (Å²) in [5.41, 5.74) is 2.29. The van der Waals surface area contributed by atoms with Crippen LogP contribution in [0.3, 0.4) is 0 Å². The second-order valence-corrected chi connectivity index (χ2v) is 5.15. The molecule has 0 saturated heterocycles. The highest BCUT2D eigenvalue weighted by atomic mass is 127. The molecule has 2 aromatic carbocycles. The third-order valence-corrected chi connectivity index (χ3v) is 3.52. The van der Waals surface area contributed by atoms with Gasteiger partial charge >= 0.3 is 0 Å². The Kier molecular flexibility index (Phi) is 7.19. The van der Waals surface area contributed by atoms with Gasteiger partial charge < -0.3 is 15.4 Å². The summed E-state index contributed by atoms with van der Waals surface area (Å²) < 4.78 is 5.94. The number of hydrogen-bond acceptors (Lipinski definition) is 4. The summed E-state index contributed by atoms with van der Waals surface area (Å²) in [6.07, 6.45) is 1.10. The molecule has 0 unspecified atom stereocenters. The lowest BCUT2D eigenvalue weighted by atomic mass is 10.1. The van der Waals surface area contributed by atoms with E-state index in [1.165, 1.54) is 5.56 Å². The Balaban J connectivity index is 0.00000192. The van der Waals surface area contributed by atoms with Gasteiger partial charge in [-0.25, -0.2) is 0 Å². The minimum absolute atomic E-state index is 0. The van der Waals surface area contributed by atoms with E-state index in [9.17, 15) is 0 Å². The summed E-state index contributed by atoms with van der Waals surface area (Å²) in [7, 11) is 0. The monoisotopic (exact) mass is 423 g/mol. The van der Waals surface area contributed by atoms with E-state index in [0.717, 1.165) is 43.3 Å². The molecule has 0 atom stereocenters. The molecule has 4 nitrogen and oxygen atoms in total. The highest BCUT2D eigenvalue weighted by Crippen LogP contribution is 2.29. The summed E-state index contributed by atoms with van der Waals surface area (Å²) in [6, 6.07) is 18.4. The zero-order chi connectivity index (χ0) is 15.0. The minimum Gasteiger partial charge on any atom is -0.491 e. The van der Waals surface area contributed by atoms with Gasteiger partial charge in [0.25, 0.3) is 0 Å². The number of guanidine groups is 1. The third kappa shape index (κ3) is 5.13. The summed E-state index contributed by atoms with van der Waals surface area (Å²) in [5, 5.41) is 6.50. The summed E-state index contributed by atoms with van der Waals surface area (Å²) in [4.78, 5) is 4.38. The van der Waals surface area contributed by atoms with Gasteiger partial charge in [-0.15, -0.1) is 24.0 Å². The number of benzene rings is 2. The average molecular weight is 423 g/mol. The summed E-state index contributed by atoms with van der Waals surface area (Å²) >= 11 is 0. The van der Waals surface area contributed by atoms with Gasteiger partial charge in [-0.2, -0.15) is 0 Å². The van der Waals surface area contributed by atoms with Crippen LogP contribution in [0.1, 0.15) is 6.42 Å². The van der Waals surface area contributed by atoms with Crippen LogP contribution in [-0.2, 0) is 0 Å². The van der Waals surface area contributed by atoms with E-state index in [1.54, 1.807) is 0 Å². The third-order valence-electron chi connectivity index (χ3n) is 3.52. The predicted octanol–water partition coefficient (Wildman–Crippen LogP) is 3.29. The van der Waals surface area contributed by atoms with E-state index in [0.29, 0.717) is 6.61 Å². The molecule has 0 aliphatic carbocycles. The predicted molar refractivity (Wildman–Crippen MR) is 106 cm³/mol. The lowest BCUT2D eigenvalue weighted by molar-refractivity contribution is 0.323. The lowest BCUT2D eigenvalue weighted by Crippen LogP contribution is -2.42. The van der Waals surface area contributed by atoms with E-state index >= 15 is 0 Å². The van der Waals surface area contributed by atoms with Crippen LogP contribution in [-0.4, -0.2) is 32.2 Å². The van der Waals surface area contributed by atoms with Gasteiger partial charge in [0, 0.05) is 18.7 Å². The fraction of sp³-hybridized carbons (Fsp3) is 0.278. The molecule has 0 aromatic heterocycles. The Hall–Kier alpha value is -1.76. The molecule has 0 amide bonds. The highest BCUT2D eigenvalue weighted by molar-refractivity contribution is 14.0. The summed E-state index contributed by atoms with van der Waals surface area (Å²) in [6.45, 7) is 3.22. The van der Waals surface area contributed by atoms with Gasteiger partial charge in [0.15, 0.2) is 5.96 Å². The van der Waals surface area contributed by atoms with Gasteiger partial charge in [0.1, 0.15) is 12.4 Å². The van der Waals surface area contributed by atoms with Gasteiger partial charge in [-0.05, 0) is 18.1 Å². The maximum Gasteiger partial charge on any atom is 0.191 e. The molecule has 1 aliphatic heterocycles. The van der Waals surface area contributed by atoms with Crippen molar-refractivity contribution in [2.75, 3.05) is 26.2 Å². The van der Waals surface area contributed by atoms with Crippen LogP contribution < -0.4 is 15.4 Å². The number of nitrogens with one attached hydrogen (secondary N) is 2. The molecule has 0 saturated carbocycles. The number of ether oxygens (including phenoxy) is 1. The molecule has 2 N–H and O–H groups in total. The second-order valence-electron chi connectivity index (χ2n) is 5.15. The van der Waals surface area contributed by atoms with E-state index in [1.807, 2.05) is 36.4 Å². The first-order chi connectivity index (χ1) is 10.9. The highest BCUT2D eigenvalue weighted by Gasteiger charge is 2.06. The van der Waals surface area contributed by atoms with Crippen molar-refractivity contribution in [3.63, 3.8) is 0 Å². The maximum atomic E-state index is 5.94.